The second-order valence-electron chi connectivity index (χ2n) is 9.16. The summed E-state index contributed by atoms with van der Waals surface area (Å²) in [5, 5.41) is 14.7. The topological polar surface area (TPSA) is 116 Å². The molecule has 10 nitrogen and oxygen atoms in total. The molecule has 1 N–H and O–H groups in total. The van der Waals surface area contributed by atoms with Crippen LogP contribution >= 0.6 is 12.3 Å². The van der Waals surface area contributed by atoms with Crippen LogP contribution < -0.4 is 9.64 Å². The van der Waals surface area contributed by atoms with Gasteiger partial charge in [0.25, 0.3) is 0 Å². The summed E-state index contributed by atoms with van der Waals surface area (Å²) in [7, 11) is 0. The molecule has 2 saturated heterocycles. The van der Waals surface area contributed by atoms with Gasteiger partial charge in [0.05, 0.1) is 18.9 Å². The summed E-state index contributed by atoms with van der Waals surface area (Å²) >= 11 is 1.02. The molecule has 0 aliphatic carbocycles. The fourth-order valence-corrected chi connectivity index (χ4v) is 4.74. The van der Waals surface area contributed by atoms with Gasteiger partial charge in [-0.05, 0) is 24.6 Å². The number of anilines is 1. The van der Waals surface area contributed by atoms with Crippen molar-refractivity contribution in [2.75, 3.05) is 31.2 Å². The summed E-state index contributed by atoms with van der Waals surface area (Å²) in [5.74, 6) is 1.72. The number of phenols is 1. The molecular weight excluding hydrogens is 470 g/mol. The average molecular weight is 500 g/mol. The van der Waals surface area contributed by atoms with Crippen molar-refractivity contribution in [2.45, 2.75) is 51.6 Å². The molecule has 35 heavy (non-hydrogen) atoms. The van der Waals surface area contributed by atoms with Crippen molar-refractivity contribution >= 4 is 18.3 Å². The van der Waals surface area contributed by atoms with E-state index in [-0.39, 0.29) is 23.7 Å². The molecule has 0 atom stereocenters. The Hall–Kier alpha value is -2.89. The standard InChI is InChI=1S/C24H29N5O5S/c1-14(2)22-27-24(34-28-22)29-8-6-18(7-9-29)33-23-15(3)21(25-13-26-23)19-10-16(4-5-20(19)30)17-11-31-35-32-12-17/h4-5,10,13-14,17-18,30H,6-9,11-12H2,1-3H3. The predicted octanol–water partition coefficient (Wildman–Crippen LogP) is 4.41. The molecule has 2 aliphatic rings. The molecule has 0 radical (unpaired) electrons. The first-order valence-corrected chi connectivity index (χ1v) is 12.5. The lowest BCUT2D eigenvalue weighted by Crippen LogP contribution is -2.38. The van der Waals surface area contributed by atoms with E-state index >= 15 is 0 Å². The first kappa shape index (κ1) is 23.8. The Morgan fingerprint density at radius 2 is 1.91 bits per heavy atom. The van der Waals surface area contributed by atoms with E-state index in [1.807, 2.05) is 32.9 Å². The van der Waals surface area contributed by atoms with Crippen molar-refractivity contribution < 1.29 is 22.7 Å². The molecule has 0 amide bonds. The number of ether oxygens (including phenoxy) is 1. The Kier molecular flexibility index (Phi) is 7.07. The molecule has 3 aromatic rings. The molecule has 5 rings (SSSR count). The monoisotopic (exact) mass is 499 g/mol. The highest BCUT2D eigenvalue weighted by atomic mass is 32.2. The zero-order valence-electron chi connectivity index (χ0n) is 20.0. The minimum atomic E-state index is 0.00848. The second-order valence-corrected chi connectivity index (χ2v) is 9.76. The van der Waals surface area contributed by atoms with Crippen molar-refractivity contribution in [3.8, 4) is 22.9 Å². The molecule has 2 fully saturated rings. The number of piperidine rings is 1. The summed E-state index contributed by atoms with van der Waals surface area (Å²) < 4.78 is 22.4. The third kappa shape index (κ3) is 5.21. The maximum Gasteiger partial charge on any atom is 0.324 e. The number of aromatic nitrogens is 4. The smallest absolute Gasteiger partial charge is 0.324 e. The highest BCUT2D eigenvalue weighted by Gasteiger charge is 2.26. The fourth-order valence-electron chi connectivity index (χ4n) is 4.23. The number of aromatic hydroxyl groups is 1. The zero-order valence-corrected chi connectivity index (χ0v) is 20.8. The normalized spacial score (nSPS) is 17.8. The highest BCUT2D eigenvalue weighted by Crippen LogP contribution is 2.37. The second kappa shape index (κ2) is 10.4. The largest absolute Gasteiger partial charge is 0.507 e. The van der Waals surface area contributed by atoms with Gasteiger partial charge in [-0.3, -0.25) is 8.37 Å². The number of hydrogen-bond acceptors (Lipinski definition) is 11. The Bertz CT molecular complexity index is 1160. The maximum atomic E-state index is 10.6. The minimum absolute atomic E-state index is 0.00848. The molecule has 1 aromatic carbocycles. The number of hydrogen-bond donors (Lipinski definition) is 1. The lowest BCUT2D eigenvalue weighted by molar-refractivity contribution is 0.160. The van der Waals surface area contributed by atoms with Gasteiger partial charge in [0.15, 0.2) is 18.1 Å². The van der Waals surface area contributed by atoms with E-state index in [2.05, 4.69) is 25.0 Å². The predicted molar refractivity (Wildman–Crippen MR) is 130 cm³/mol. The van der Waals surface area contributed by atoms with Crippen LogP contribution in [0.5, 0.6) is 11.6 Å². The van der Waals surface area contributed by atoms with Crippen molar-refractivity contribution in [1.29, 1.82) is 0 Å². The summed E-state index contributed by atoms with van der Waals surface area (Å²) in [5.41, 5.74) is 3.09. The lowest BCUT2D eigenvalue weighted by atomic mass is 9.96. The Balaban J connectivity index is 1.29. The summed E-state index contributed by atoms with van der Waals surface area (Å²) in [6, 6.07) is 6.08. The zero-order chi connectivity index (χ0) is 24.4. The van der Waals surface area contributed by atoms with Crippen LogP contribution in [0.3, 0.4) is 0 Å². The Morgan fingerprint density at radius 1 is 1.14 bits per heavy atom. The van der Waals surface area contributed by atoms with Gasteiger partial charge in [-0.15, -0.1) is 0 Å². The Labute approximate surface area is 208 Å². The SMILES string of the molecule is Cc1c(OC2CCN(c3nc(C(C)C)no3)CC2)ncnc1-c1cc(C2COSOC2)ccc1O. The van der Waals surface area contributed by atoms with Crippen molar-refractivity contribution in [3.05, 3.63) is 41.5 Å². The lowest BCUT2D eigenvalue weighted by Gasteiger charge is -2.30. The van der Waals surface area contributed by atoms with E-state index in [0.29, 0.717) is 36.4 Å². The van der Waals surface area contributed by atoms with Crippen molar-refractivity contribution in [3.63, 3.8) is 0 Å². The molecule has 0 spiro atoms. The average Bonchev–Trinajstić information content (AvgIpc) is 3.38. The molecule has 4 heterocycles. The van der Waals surface area contributed by atoms with Crippen LogP contribution in [0.15, 0.2) is 29.0 Å². The molecular formula is C24H29N5O5S. The fraction of sp³-hybridized carbons (Fsp3) is 0.500. The quantitative estimate of drug-likeness (QED) is 0.486. The summed E-state index contributed by atoms with van der Waals surface area (Å²) in [4.78, 5) is 15.4. The van der Waals surface area contributed by atoms with Gasteiger partial charge in [0.1, 0.15) is 18.2 Å². The maximum absolute atomic E-state index is 10.6. The number of rotatable bonds is 6. The van der Waals surface area contributed by atoms with Gasteiger partial charge in [-0.2, -0.15) is 4.98 Å². The minimum Gasteiger partial charge on any atom is -0.507 e. The summed E-state index contributed by atoms with van der Waals surface area (Å²) in [6.45, 7) is 8.62. The van der Waals surface area contributed by atoms with Gasteiger partial charge >= 0.3 is 6.01 Å². The molecule has 186 valence electrons. The van der Waals surface area contributed by atoms with Crippen LogP contribution in [-0.4, -0.2) is 57.6 Å². The van der Waals surface area contributed by atoms with E-state index < -0.39 is 0 Å². The molecule has 2 aromatic heterocycles. The van der Waals surface area contributed by atoms with E-state index in [1.165, 1.54) is 6.33 Å². The van der Waals surface area contributed by atoms with Crippen LogP contribution in [0.2, 0.25) is 0 Å². The van der Waals surface area contributed by atoms with Gasteiger partial charge in [0.2, 0.25) is 5.88 Å². The van der Waals surface area contributed by atoms with E-state index in [9.17, 15) is 5.11 Å². The highest BCUT2D eigenvalue weighted by molar-refractivity contribution is 7.89. The Morgan fingerprint density at radius 3 is 2.63 bits per heavy atom. The molecule has 0 saturated carbocycles. The van der Waals surface area contributed by atoms with Crippen LogP contribution in [-0.2, 0) is 8.37 Å². The number of nitrogens with zero attached hydrogens (tertiary/aromatic N) is 5. The molecule has 0 unspecified atom stereocenters. The van der Waals surface area contributed by atoms with E-state index in [1.54, 1.807) is 6.07 Å². The third-order valence-electron chi connectivity index (χ3n) is 6.36. The molecule has 11 heteroatoms. The van der Waals surface area contributed by atoms with Gasteiger partial charge < -0.3 is 19.3 Å². The summed E-state index contributed by atoms with van der Waals surface area (Å²) in [6.07, 6.45) is 3.10. The van der Waals surface area contributed by atoms with E-state index in [4.69, 9.17) is 17.6 Å². The van der Waals surface area contributed by atoms with Gasteiger partial charge in [-0.1, -0.05) is 25.1 Å². The third-order valence-corrected chi connectivity index (χ3v) is 6.82. The van der Waals surface area contributed by atoms with Gasteiger partial charge in [0, 0.05) is 48.9 Å². The van der Waals surface area contributed by atoms with Crippen molar-refractivity contribution in [1.82, 2.24) is 20.1 Å². The number of phenolic OH excluding ortho intramolecular Hbond substituents is 1. The van der Waals surface area contributed by atoms with Crippen LogP contribution in [0.1, 0.15) is 55.5 Å². The van der Waals surface area contributed by atoms with Gasteiger partial charge in [-0.25, -0.2) is 9.97 Å². The van der Waals surface area contributed by atoms with Crippen molar-refractivity contribution in [2.24, 2.45) is 0 Å². The molecule has 0 bridgehead atoms. The first-order valence-electron chi connectivity index (χ1n) is 11.8. The van der Waals surface area contributed by atoms with Crippen LogP contribution in [0.25, 0.3) is 11.3 Å². The van der Waals surface area contributed by atoms with E-state index in [0.717, 1.165) is 55.2 Å². The number of benzene rings is 1. The van der Waals surface area contributed by atoms with Crippen LogP contribution in [0, 0.1) is 6.92 Å². The first-order chi connectivity index (χ1) is 17.0. The molecule has 2 aliphatic heterocycles. The van der Waals surface area contributed by atoms with Crippen LogP contribution in [0.4, 0.5) is 6.01 Å².